The van der Waals surface area contributed by atoms with Gasteiger partial charge in [0.25, 0.3) is 0 Å². The molecule has 0 spiro atoms. The van der Waals surface area contributed by atoms with Gasteiger partial charge in [0.1, 0.15) is 11.4 Å². The van der Waals surface area contributed by atoms with Crippen molar-refractivity contribution in [1.82, 2.24) is 10.2 Å². The van der Waals surface area contributed by atoms with Gasteiger partial charge in [-0.1, -0.05) is 43.6 Å². The predicted molar refractivity (Wildman–Crippen MR) is 115 cm³/mol. The number of likely N-dealkylation sites (tertiary alicyclic amines) is 1. The molecule has 2 aliphatic rings. The lowest BCUT2D eigenvalue weighted by Crippen LogP contribution is -3.13. The summed E-state index contributed by atoms with van der Waals surface area (Å²) < 4.78 is 0. The first-order chi connectivity index (χ1) is 13.5. The van der Waals surface area contributed by atoms with Crippen molar-refractivity contribution in [1.29, 1.82) is 0 Å². The van der Waals surface area contributed by atoms with Crippen LogP contribution in [0.3, 0.4) is 0 Å². The molecule has 0 unspecified atom stereocenters. The molecular weight excluding hydrogens is 394 g/mol. The highest BCUT2D eigenvalue weighted by Gasteiger charge is 2.43. The van der Waals surface area contributed by atoms with Crippen LogP contribution in [0.25, 0.3) is 0 Å². The van der Waals surface area contributed by atoms with Gasteiger partial charge < -0.3 is 15.1 Å². The van der Waals surface area contributed by atoms with Crippen LogP contribution in [0.2, 0.25) is 5.02 Å². The summed E-state index contributed by atoms with van der Waals surface area (Å²) in [6.45, 7) is 7.77. The molecule has 1 aromatic rings. The van der Waals surface area contributed by atoms with Crippen molar-refractivity contribution in [2.75, 3.05) is 31.9 Å². The zero-order valence-electron chi connectivity index (χ0n) is 16.7. The van der Waals surface area contributed by atoms with Crippen LogP contribution in [0, 0.1) is 5.92 Å². The summed E-state index contributed by atoms with van der Waals surface area (Å²) in [5.41, 5.74) is 0.899. The molecule has 0 aliphatic carbocycles. The molecule has 0 radical (unpaired) electrons. The monoisotopic (exact) mass is 424 g/mol. The van der Waals surface area contributed by atoms with E-state index in [0.717, 1.165) is 12.1 Å². The van der Waals surface area contributed by atoms with Gasteiger partial charge in [-0.2, -0.15) is 0 Å². The quantitative estimate of drug-likeness (QED) is 0.735. The third-order valence-corrected chi connectivity index (χ3v) is 7.21. The second-order valence-electron chi connectivity index (χ2n) is 7.97. The number of hydrogen-bond donors (Lipinski definition) is 2. The van der Waals surface area contributed by atoms with Gasteiger partial charge in [0.15, 0.2) is 0 Å². The van der Waals surface area contributed by atoms with Crippen LogP contribution in [0.5, 0.6) is 0 Å². The second-order valence-corrected chi connectivity index (χ2v) is 9.50. The largest absolute Gasteiger partial charge is 0.349 e. The van der Waals surface area contributed by atoms with Crippen LogP contribution in [-0.4, -0.2) is 54.7 Å². The number of hydrogen-bond acceptors (Lipinski definition) is 3. The maximum Gasteiger partial charge on any atom is 0.243 e. The third kappa shape index (κ3) is 5.02. The van der Waals surface area contributed by atoms with E-state index in [1.807, 2.05) is 38.1 Å². The van der Waals surface area contributed by atoms with Gasteiger partial charge in [-0.05, 0) is 25.3 Å². The van der Waals surface area contributed by atoms with Crippen LogP contribution >= 0.6 is 23.4 Å². The molecule has 2 amide bonds. The summed E-state index contributed by atoms with van der Waals surface area (Å²) in [6, 6.07) is 7.14. The van der Waals surface area contributed by atoms with Crippen LogP contribution in [0.1, 0.15) is 44.0 Å². The molecule has 28 heavy (non-hydrogen) atoms. The molecule has 2 fully saturated rings. The summed E-state index contributed by atoms with van der Waals surface area (Å²) >= 11 is 8.01. The molecule has 2 saturated heterocycles. The van der Waals surface area contributed by atoms with E-state index < -0.39 is 6.04 Å². The van der Waals surface area contributed by atoms with E-state index in [9.17, 15) is 9.59 Å². The van der Waals surface area contributed by atoms with E-state index in [4.69, 9.17) is 11.6 Å². The molecule has 7 heteroatoms. The number of carbonyl (C=O) groups excluding carboxylic acids is 2. The number of carbonyl (C=O) groups is 2. The highest BCUT2D eigenvalue weighted by Crippen LogP contribution is 2.44. The minimum atomic E-state index is -0.447. The van der Waals surface area contributed by atoms with E-state index in [1.165, 1.54) is 32.4 Å². The number of rotatable bonds is 6. The Kier molecular flexibility index (Phi) is 7.66. The van der Waals surface area contributed by atoms with Crippen LogP contribution in [0.4, 0.5) is 0 Å². The number of halogens is 1. The molecule has 1 aromatic carbocycles. The minimum Gasteiger partial charge on any atom is -0.349 e. The zero-order chi connectivity index (χ0) is 20.1. The maximum atomic E-state index is 13.0. The van der Waals surface area contributed by atoms with Crippen LogP contribution in [0.15, 0.2) is 24.3 Å². The molecule has 2 aliphatic heterocycles. The Labute approximate surface area is 177 Å². The van der Waals surface area contributed by atoms with Crippen LogP contribution < -0.4 is 10.2 Å². The van der Waals surface area contributed by atoms with Crippen molar-refractivity contribution < 1.29 is 14.5 Å². The van der Waals surface area contributed by atoms with Gasteiger partial charge in [0, 0.05) is 22.3 Å². The lowest BCUT2D eigenvalue weighted by molar-refractivity contribution is -0.903. The zero-order valence-corrected chi connectivity index (χ0v) is 18.3. The number of amides is 2. The average Bonchev–Trinajstić information content (AvgIpc) is 3.13. The Balaban J connectivity index is 1.67. The Morgan fingerprint density at radius 1 is 1.25 bits per heavy atom. The Morgan fingerprint density at radius 3 is 2.64 bits per heavy atom. The standard InChI is InChI=1S/C21H30ClN3O2S/c1-15(2)20(27)25-18(14-28-21(25)16-8-4-5-9-17(16)22)19(26)23-10-13-24-11-6-3-7-12-24/h4-5,8-9,15,18,21H,3,6-7,10-14H2,1-2H3,(H,23,26)/p+1/t18-,21+/m0/s1. The normalized spacial score (nSPS) is 23.2. The van der Waals surface area contributed by atoms with E-state index in [2.05, 4.69) is 5.32 Å². The molecule has 0 saturated carbocycles. The smallest absolute Gasteiger partial charge is 0.243 e. The fourth-order valence-electron chi connectivity index (χ4n) is 3.97. The van der Waals surface area contributed by atoms with Crippen molar-refractivity contribution in [3.05, 3.63) is 34.9 Å². The third-order valence-electron chi connectivity index (χ3n) is 5.56. The van der Waals surface area contributed by atoms with Crippen molar-refractivity contribution in [2.45, 2.75) is 44.5 Å². The number of piperidine rings is 1. The van der Waals surface area contributed by atoms with E-state index in [1.54, 1.807) is 21.6 Å². The molecule has 2 atom stereocenters. The van der Waals surface area contributed by atoms with Gasteiger partial charge in [-0.15, -0.1) is 11.8 Å². The van der Waals surface area contributed by atoms with Gasteiger partial charge in [-0.25, -0.2) is 0 Å². The number of nitrogens with zero attached hydrogens (tertiary/aromatic N) is 1. The second kappa shape index (κ2) is 9.99. The van der Waals surface area contributed by atoms with Crippen LogP contribution in [-0.2, 0) is 9.59 Å². The molecule has 2 N–H and O–H groups in total. The Morgan fingerprint density at radius 2 is 1.96 bits per heavy atom. The SMILES string of the molecule is CC(C)C(=O)N1[C@@H](c2ccccc2Cl)SC[C@H]1C(=O)NCC[NH+]1CCCCC1. The summed E-state index contributed by atoms with van der Waals surface area (Å²) in [6.07, 6.45) is 3.88. The fourth-order valence-corrected chi connectivity index (χ4v) is 5.75. The van der Waals surface area contributed by atoms with Gasteiger partial charge in [0.05, 0.1) is 26.2 Å². The van der Waals surface area contributed by atoms with Crippen molar-refractivity contribution in [3.8, 4) is 0 Å². The molecule has 0 bridgehead atoms. The number of benzene rings is 1. The topological polar surface area (TPSA) is 53.9 Å². The summed E-state index contributed by atoms with van der Waals surface area (Å²) in [5, 5.41) is 3.50. The van der Waals surface area contributed by atoms with Crippen molar-refractivity contribution in [2.24, 2.45) is 5.92 Å². The lowest BCUT2D eigenvalue weighted by Gasteiger charge is -2.31. The Bertz CT molecular complexity index is 694. The maximum absolute atomic E-state index is 13.0. The molecule has 154 valence electrons. The molecule has 2 heterocycles. The summed E-state index contributed by atoms with van der Waals surface area (Å²) in [5.74, 6) is 0.373. The minimum absolute atomic E-state index is 0.00303. The molecule has 3 rings (SSSR count). The number of nitrogens with one attached hydrogen (secondary N) is 2. The number of quaternary nitrogens is 1. The summed E-state index contributed by atoms with van der Waals surface area (Å²) in [7, 11) is 0. The van der Waals surface area contributed by atoms with Gasteiger partial charge >= 0.3 is 0 Å². The predicted octanol–water partition coefficient (Wildman–Crippen LogP) is 2.12. The fraction of sp³-hybridized carbons (Fsp3) is 0.619. The first-order valence-electron chi connectivity index (χ1n) is 10.3. The summed E-state index contributed by atoms with van der Waals surface area (Å²) in [4.78, 5) is 29.2. The average molecular weight is 425 g/mol. The first kappa shape index (κ1) is 21.5. The van der Waals surface area contributed by atoms with E-state index in [0.29, 0.717) is 17.3 Å². The molecule has 5 nitrogen and oxygen atoms in total. The number of thioether (sulfide) groups is 1. The van der Waals surface area contributed by atoms with Gasteiger partial charge in [-0.3, -0.25) is 9.59 Å². The van der Waals surface area contributed by atoms with E-state index in [-0.39, 0.29) is 23.1 Å². The van der Waals surface area contributed by atoms with Crippen molar-refractivity contribution in [3.63, 3.8) is 0 Å². The van der Waals surface area contributed by atoms with Gasteiger partial charge in [0.2, 0.25) is 11.8 Å². The highest BCUT2D eigenvalue weighted by molar-refractivity contribution is 7.99. The highest BCUT2D eigenvalue weighted by atomic mass is 35.5. The lowest BCUT2D eigenvalue weighted by atomic mass is 10.1. The van der Waals surface area contributed by atoms with Crippen molar-refractivity contribution >= 4 is 35.2 Å². The van der Waals surface area contributed by atoms with E-state index >= 15 is 0 Å². The first-order valence-corrected chi connectivity index (χ1v) is 11.7. The molecular formula is C21H31ClN3O2S+. The Hall–Kier alpha value is -1.24. The molecule has 0 aromatic heterocycles.